The first-order chi connectivity index (χ1) is 14.5. The molecule has 4 saturated carbocycles. The number of nitrogens with one attached hydrogen (secondary N) is 1. The van der Waals surface area contributed by atoms with Crippen LogP contribution in [0.5, 0.6) is 0 Å². The number of amides is 1. The number of methoxy groups -OCH3 is 1. The standard InChI is InChI=1S/C24H33NO5S/c1-6-7-30-19(26)16-14(2)17(20(27)29-5)31-18(16)25-21(28)24-10-15-8-22(3,12-24)11-23(4,9-15)13-24/h15H,6-13H2,1-5H3,(H,25,28)/t15?,22-,23-,24?/m1/s1. The second kappa shape index (κ2) is 7.61. The van der Waals surface area contributed by atoms with Gasteiger partial charge in [-0.3, -0.25) is 4.79 Å². The van der Waals surface area contributed by atoms with Crippen LogP contribution in [0.4, 0.5) is 5.00 Å². The molecule has 0 radical (unpaired) electrons. The van der Waals surface area contributed by atoms with Gasteiger partial charge in [0.1, 0.15) is 9.88 Å². The van der Waals surface area contributed by atoms with E-state index in [0.29, 0.717) is 27.8 Å². The second-order valence-electron chi connectivity index (χ2n) is 10.8. The molecule has 7 heteroatoms. The third-order valence-electron chi connectivity index (χ3n) is 7.49. The fourth-order valence-corrected chi connectivity index (χ4v) is 8.45. The third kappa shape index (κ3) is 3.79. The van der Waals surface area contributed by atoms with Gasteiger partial charge in [-0.2, -0.15) is 0 Å². The molecule has 1 aromatic heterocycles. The Morgan fingerprint density at radius 3 is 2.26 bits per heavy atom. The molecule has 1 amide bonds. The molecular formula is C24H33NO5S. The molecule has 2 atom stereocenters. The highest BCUT2D eigenvalue weighted by atomic mass is 32.1. The van der Waals surface area contributed by atoms with Gasteiger partial charge in [0.25, 0.3) is 0 Å². The number of carbonyl (C=O) groups excluding carboxylic acids is 3. The molecule has 4 fully saturated rings. The molecule has 1 N–H and O–H groups in total. The number of ether oxygens (including phenoxy) is 2. The van der Waals surface area contributed by atoms with Gasteiger partial charge in [0, 0.05) is 0 Å². The van der Waals surface area contributed by atoms with E-state index in [0.717, 1.165) is 30.6 Å². The largest absolute Gasteiger partial charge is 0.465 e. The first-order valence-electron chi connectivity index (χ1n) is 11.2. The predicted octanol–water partition coefficient (Wildman–Crippen LogP) is 5.35. The fourth-order valence-electron chi connectivity index (χ4n) is 7.34. The average Bonchev–Trinajstić information content (AvgIpc) is 2.98. The molecule has 5 rings (SSSR count). The molecule has 31 heavy (non-hydrogen) atoms. The van der Waals surface area contributed by atoms with E-state index in [1.807, 2.05) is 6.92 Å². The predicted molar refractivity (Wildman–Crippen MR) is 119 cm³/mol. The summed E-state index contributed by atoms with van der Waals surface area (Å²) in [6.45, 7) is 8.57. The van der Waals surface area contributed by atoms with Crippen molar-refractivity contribution in [2.45, 2.75) is 72.6 Å². The molecule has 170 valence electrons. The highest BCUT2D eigenvalue weighted by Crippen LogP contribution is 2.69. The van der Waals surface area contributed by atoms with E-state index in [2.05, 4.69) is 19.2 Å². The zero-order valence-corrected chi connectivity index (χ0v) is 20.0. The topological polar surface area (TPSA) is 81.7 Å². The van der Waals surface area contributed by atoms with Gasteiger partial charge in [0.15, 0.2) is 0 Å². The Balaban J connectivity index is 1.66. The van der Waals surface area contributed by atoms with Crippen molar-refractivity contribution in [3.05, 3.63) is 16.0 Å². The molecule has 0 unspecified atom stereocenters. The molecule has 0 spiro atoms. The van der Waals surface area contributed by atoms with Crippen molar-refractivity contribution in [1.82, 2.24) is 0 Å². The molecule has 0 saturated heterocycles. The Kier molecular flexibility index (Phi) is 5.48. The Hall–Kier alpha value is -1.89. The Morgan fingerprint density at radius 2 is 1.71 bits per heavy atom. The van der Waals surface area contributed by atoms with Crippen LogP contribution in [-0.2, 0) is 14.3 Å². The lowest BCUT2D eigenvalue weighted by molar-refractivity contribution is -0.165. The zero-order valence-electron chi connectivity index (χ0n) is 19.2. The molecule has 1 heterocycles. The maximum atomic E-state index is 13.7. The second-order valence-corrected chi connectivity index (χ2v) is 11.8. The van der Waals surface area contributed by atoms with Gasteiger partial charge >= 0.3 is 11.9 Å². The first-order valence-corrected chi connectivity index (χ1v) is 12.1. The van der Waals surface area contributed by atoms with Gasteiger partial charge in [-0.25, -0.2) is 9.59 Å². The number of carbonyl (C=O) groups is 3. The number of hydrogen-bond acceptors (Lipinski definition) is 6. The summed E-state index contributed by atoms with van der Waals surface area (Å²) in [4.78, 5) is 39.1. The highest BCUT2D eigenvalue weighted by Gasteiger charge is 2.62. The molecule has 4 aliphatic rings. The van der Waals surface area contributed by atoms with Crippen molar-refractivity contribution in [2.75, 3.05) is 19.0 Å². The first kappa shape index (κ1) is 22.3. The van der Waals surface area contributed by atoms with Crippen LogP contribution in [-0.4, -0.2) is 31.6 Å². The highest BCUT2D eigenvalue weighted by molar-refractivity contribution is 7.18. The monoisotopic (exact) mass is 447 g/mol. The van der Waals surface area contributed by atoms with Crippen LogP contribution in [0.2, 0.25) is 0 Å². The quantitative estimate of drug-likeness (QED) is 0.595. The van der Waals surface area contributed by atoms with Crippen molar-refractivity contribution in [1.29, 1.82) is 0 Å². The zero-order chi connectivity index (χ0) is 22.6. The molecule has 4 aliphatic carbocycles. The lowest BCUT2D eigenvalue weighted by Crippen LogP contribution is -2.58. The normalized spacial score (nSPS) is 33.3. The lowest BCUT2D eigenvalue weighted by Gasteiger charge is -2.64. The summed E-state index contributed by atoms with van der Waals surface area (Å²) in [5.74, 6) is -0.453. The maximum absolute atomic E-state index is 13.7. The number of hydrogen-bond donors (Lipinski definition) is 1. The molecule has 0 aliphatic heterocycles. The van der Waals surface area contributed by atoms with Gasteiger partial charge in [0.2, 0.25) is 5.91 Å². The SMILES string of the molecule is CCCOC(=O)c1c(NC(=O)C23CC4C[C@@](C)(C2)C[C@@](C)(C4)C3)sc(C(=O)OC)c1C. The summed E-state index contributed by atoms with van der Waals surface area (Å²) in [7, 11) is 1.31. The Morgan fingerprint density at radius 1 is 1.06 bits per heavy atom. The summed E-state index contributed by atoms with van der Waals surface area (Å²) in [6, 6.07) is 0. The van der Waals surface area contributed by atoms with Crippen LogP contribution >= 0.6 is 11.3 Å². The van der Waals surface area contributed by atoms with Crippen molar-refractivity contribution in [2.24, 2.45) is 22.2 Å². The van der Waals surface area contributed by atoms with Crippen molar-refractivity contribution < 1.29 is 23.9 Å². The van der Waals surface area contributed by atoms with Crippen LogP contribution < -0.4 is 5.32 Å². The van der Waals surface area contributed by atoms with E-state index in [1.54, 1.807) is 6.92 Å². The van der Waals surface area contributed by atoms with E-state index in [-0.39, 0.29) is 28.9 Å². The van der Waals surface area contributed by atoms with E-state index >= 15 is 0 Å². The van der Waals surface area contributed by atoms with Crippen molar-refractivity contribution >= 4 is 34.2 Å². The molecule has 0 aromatic carbocycles. The van der Waals surface area contributed by atoms with Gasteiger partial charge in [-0.05, 0) is 74.2 Å². The molecule has 1 aromatic rings. The number of rotatable bonds is 6. The fraction of sp³-hybridized carbons (Fsp3) is 0.708. The Bertz CT molecular complexity index is 917. The van der Waals surface area contributed by atoms with Gasteiger partial charge < -0.3 is 14.8 Å². The molecule has 4 bridgehead atoms. The summed E-state index contributed by atoms with van der Waals surface area (Å²) in [5.41, 5.74) is 0.775. The van der Waals surface area contributed by atoms with Crippen LogP contribution in [0.3, 0.4) is 0 Å². The van der Waals surface area contributed by atoms with Gasteiger partial charge in [0.05, 0.1) is 24.7 Å². The number of anilines is 1. The number of thiophene rings is 1. The summed E-state index contributed by atoms with van der Waals surface area (Å²) >= 11 is 1.10. The Labute approximate surface area is 188 Å². The average molecular weight is 448 g/mol. The minimum absolute atomic E-state index is 0.0174. The van der Waals surface area contributed by atoms with Gasteiger partial charge in [-0.15, -0.1) is 11.3 Å². The van der Waals surface area contributed by atoms with Crippen LogP contribution in [0.25, 0.3) is 0 Å². The van der Waals surface area contributed by atoms with E-state index in [1.165, 1.54) is 26.4 Å². The van der Waals surface area contributed by atoms with E-state index in [4.69, 9.17) is 9.47 Å². The summed E-state index contributed by atoms with van der Waals surface area (Å²) in [6.07, 6.45) is 6.98. The van der Waals surface area contributed by atoms with E-state index < -0.39 is 17.4 Å². The van der Waals surface area contributed by atoms with Crippen LogP contribution in [0, 0.1) is 29.1 Å². The molecular weight excluding hydrogens is 414 g/mol. The summed E-state index contributed by atoms with van der Waals surface area (Å²) in [5, 5.41) is 3.47. The molecule has 6 nitrogen and oxygen atoms in total. The minimum Gasteiger partial charge on any atom is -0.465 e. The van der Waals surface area contributed by atoms with Crippen molar-refractivity contribution in [3.8, 4) is 0 Å². The smallest absolute Gasteiger partial charge is 0.348 e. The van der Waals surface area contributed by atoms with E-state index in [9.17, 15) is 14.4 Å². The van der Waals surface area contributed by atoms with Crippen molar-refractivity contribution in [3.63, 3.8) is 0 Å². The lowest BCUT2D eigenvalue weighted by atomic mass is 9.40. The van der Waals surface area contributed by atoms with Crippen LogP contribution in [0.15, 0.2) is 0 Å². The van der Waals surface area contributed by atoms with Gasteiger partial charge in [-0.1, -0.05) is 20.8 Å². The summed E-state index contributed by atoms with van der Waals surface area (Å²) < 4.78 is 10.2. The number of esters is 2. The maximum Gasteiger partial charge on any atom is 0.348 e. The minimum atomic E-state index is -0.512. The van der Waals surface area contributed by atoms with Crippen LogP contribution in [0.1, 0.15) is 91.3 Å². The third-order valence-corrected chi connectivity index (χ3v) is 8.68.